The molecule has 14 heteroatoms. The molecular formula is C26H28FN6O6P. The van der Waals surface area contributed by atoms with E-state index in [9.17, 15) is 9.36 Å². The van der Waals surface area contributed by atoms with Crippen LogP contribution < -0.4 is 10.6 Å². The Morgan fingerprint density at radius 2 is 2.08 bits per heavy atom. The molecular weight excluding hydrogens is 542 g/mol. The van der Waals surface area contributed by atoms with Gasteiger partial charge < -0.3 is 25.2 Å². The average molecular weight is 571 g/mol. The van der Waals surface area contributed by atoms with Crippen LogP contribution in [0.4, 0.5) is 14.9 Å². The van der Waals surface area contributed by atoms with Crippen molar-refractivity contribution in [1.29, 1.82) is 0 Å². The lowest BCUT2D eigenvalue weighted by atomic mass is 9.67. The molecule has 2 bridgehead atoms. The average Bonchev–Trinajstić information content (AvgIpc) is 3.72. The molecule has 0 radical (unpaired) electrons. The number of benzene rings is 2. The Labute approximate surface area is 227 Å². The van der Waals surface area contributed by atoms with E-state index < -0.39 is 13.9 Å². The second-order valence-corrected chi connectivity index (χ2v) is 12.0. The molecule has 3 aliphatic rings. The summed E-state index contributed by atoms with van der Waals surface area (Å²) in [7, 11) is -4.59. The lowest BCUT2D eigenvalue weighted by molar-refractivity contribution is 0.107. The zero-order chi connectivity index (χ0) is 27.6. The number of carbonyl (C=O) groups is 1. The first-order chi connectivity index (χ1) is 19.3. The molecule has 2 fully saturated rings. The summed E-state index contributed by atoms with van der Waals surface area (Å²) in [4.78, 5) is 29.3. The quantitative estimate of drug-likeness (QED) is 0.162. The van der Waals surface area contributed by atoms with Crippen molar-refractivity contribution < 1.29 is 32.8 Å². The fourth-order valence-corrected chi connectivity index (χ4v) is 7.60. The molecule has 4 aromatic rings. The summed E-state index contributed by atoms with van der Waals surface area (Å²) >= 11 is 0. The van der Waals surface area contributed by atoms with Gasteiger partial charge in [-0.05, 0) is 66.2 Å². The van der Waals surface area contributed by atoms with Crippen molar-refractivity contribution in [2.24, 2.45) is 17.8 Å². The molecule has 3 heterocycles. The molecule has 40 heavy (non-hydrogen) atoms. The Bertz CT molecular complexity index is 1670. The molecule has 7 rings (SSSR count). The number of aromatic amines is 1. The van der Waals surface area contributed by atoms with Crippen LogP contribution in [0.15, 0.2) is 36.7 Å². The Balaban J connectivity index is 1.12. The summed E-state index contributed by atoms with van der Waals surface area (Å²) in [5.74, 6) is 1.46. The lowest BCUT2D eigenvalue weighted by Gasteiger charge is -2.43. The predicted octanol–water partition coefficient (Wildman–Crippen LogP) is 4.14. The highest BCUT2D eigenvalue weighted by atomic mass is 31.2. The standard InChI is InChI=1S/C26H28FN6O6P/c27-18-9-19-17(11-29-32-19)23-21-13-1-2-14(7-13)22(21)24(31-25(18)23)15-3-4-20-16(8-15)10-30-33(20)12-38-26(34)28-5-6-39-40(35,36)37/h3-4,8-11,13-14,21-22,24,31H,1-2,5-7,12H2,(H,28,34)(H,29,32)(H2,35,36,37)/t13?,14?,21-,22+,24-/m0/s1. The highest BCUT2D eigenvalue weighted by Crippen LogP contribution is 2.64. The van der Waals surface area contributed by atoms with Crippen molar-refractivity contribution in [3.05, 3.63) is 53.6 Å². The fraction of sp³-hybridized carbons (Fsp3) is 0.423. The summed E-state index contributed by atoms with van der Waals surface area (Å²) < 4.78 is 37.1. The fourth-order valence-electron chi connectivity index (χ4n) is 7.27. The number of phosphoric acid groups is 1. The van der Waals surface area contributed by atoms with Crippen molar-refractivity contribution >= 4 is 41.4 Å². The largest absolute Gasteiger partial charge is 0.469 e. The van der Waals surface area contributed by atoms with Gasteiger partial charge in [-0.25, -0.2) is 18.4 Å². The Kier molecular flexibility index (Phi) is 6.08. The van der Waals surface area contributed by atoms with Gasteiger partial charge in [0.25, 0.3) is 0 Å². The highest BCUT2D eigenvalue weighted by Gasteiger charge is 2.54. The van der Waals surface area contributed by atoms with Crippen LogP contribution in [0.2, 0.25) is 0 Å². The van der Waals surface area contributed by atoms with Gasteiger partial charge in [0, 0.05) is 23.4 Å². The van der Waals surface area contributed by atoms with E-state index in [1.54, 1.807) is 10.9 Å². The Hall–Kier alpha value is -3.51. The number of hydrogen-bond donors (Lipinski definition) is 5. The number of H-pyrrole nitrogens is 1. The van der Waals surface area contributed by atoms with Crippen LogP contribution in [0.1, 0.15) is 42.3 Å². The number of fused-ring (bicyclic) bond motifs is 10. The Morgan fingerprint density at radius 3 is 2.92 bits per heavy atom. The van der Waals surface area contributed by atoms with E-state index in [1.807, 2.05) is 18.3 Å². The van der Waals surface area contributed by atoms with Gasteiger partial charge >= 0.3 is 13.9 Å². The molecule has 2 aromatic carbocycles. The normalized spacial score (nSPS) is 25.1. The topological polar surface area (TPSA) is 164 Å². The summed E-state index contributed by atoms with van der Waals surface area (Å²) in [5, 5.41) is 19.3. The molecule has 2 aliphatic carbocycles. The van der Waals surface area contributed by atoms with Crippen molar-refractivity contribution in [3.8, 4) is 0 Å². The van der Waals surface area contributed by atoms with Crippen LogP contribution in [0.3, 0.4) is 0 Å². The number of aromatic nitrogens is 4. The van der Waals surface area contributed by atoms with Crippen LogP contribution in [-0.2, 0) is 20.6 Å². The number of rotatable bonds is 7. The molecule has 5 atom stereocenters. The third-order valence-electron chi connectivity index (χ3n) is 8.71. The number of nitrogens with one attached hydrogen (secondary N) is 3. The first kappa shape index (κ1) is 25.5. The van der Waals surface area contributed by atoms with Gasteiger partial charge in [-0.2, -0.15) is 10.2 Å². The minimum Gasteiger partial charge on any atom is -0.426 e. The molecule has 2 saturated carbocycles. The Morgan fingerprint density at radius 1 is 1.23 bits per heavy atom. The molecule has 210 valence electrons. The lowest BCUT2D eigenvalue weighted by Crippen LogP contribution is -2.36. The van der Waals surface area contributed by atoms with Gasteiger partial charge in [0.15, 0.2) is 6.73 Å². The first-order valence-corrected chi connectivity index (χ1v) is 14.8. The molecule has 0 spiro atoms. The number of halogens is 1. The van der Waals surface area contributed by atoms with Crippen LogP contribution >= 0.6 is 7.82 Å². The van der Waals surface area contributed by atoms with Crippen molar-refractivity contribution in [3.63, 3.8) is 0 Å². The van der Waals surface area contributed by atoms with Gasteiger partial charge in [0.2, 0.25) is 0 Å². The van der Waals surface area contributed by atoms with E-state index in [1.165, 1.54) is 18.9 Å². The number of alkyl carbamates (subject to hydrolysis) is 1. The monoisotopic (exact) mass is 570 g/mol. The van der Waals surface area contributed by atoms with Gasteiger partial charge in [0.1, 0.15) is 5.82 Å². The number of phosphoric ester groups is 1. The maximum absolute atomic E-state index is 15.4. The van der Waals surface area contributed by atoms with Gasteiger partial charge in [-0.15, -0.1) is 0 Å². The van der Waals surface area contributed by atoms with E-state index in [2.05, 4.69) is 36.5 Å². The van der Waals surface area contributed by atoms with Crippen LogP contribution in [-0.4, -0.2) is 49.0 Å². The number of ether oxygens (including phenoxy) is 1. The SMILES string of the molecule is O=C(NCCOP(=O)(O)O)OCn1ncc2cc([C@@H]3Nc4c(F)cc5[nH]ncc5c4[C@H]4C5CCC(C5)[C@@H]34)ccc21. The van der Waals surface area contributed by atoms with E-state index in [0.717, 1.165) is 39.4 Å². The summed E-state index contributed by atoms with van der Waals surface area (Å²) in [6, 6.07) is 7.50. The molecule has 1 amide bonds. The van der Waals surface area contributed by atoms with Crippen molar-refractivity contribution in [2.75, 3.05) is 18.5 Å². The van der Waals surface area contributed by atoms with Crippen LogP contribution in [0.25, 0.3) is 21.8 Å². The van der Waals surface area contributed by atoms with Crippen LogP contribution in [0.5, 0.6) is 0 Å². The predicted molar refractivity (Wildman–Crippen MR) is 142 cm³/mol. The molecule has 2 aromatic heterocycles. The number of nitrogens with zero attached hydrogens (tertiary/aromatic N) is 3. The highest BCUT2D eigenvalue weighted by molar-refractivity contribution is 7.46. The second-order valence-electron chi connectivity index (χ2n) is 10.8. The smallest absolute Gasteiger partial charge is 0.426 e. The molecule has 1 aliphatic heterocycles. The molecule has 0 saturated heterocycles. The van der Waals surface area contributed by atoms with Crippen LogP contribution in [0, 0.1) is 23.6 Å². The van der Waals surface area contributed by atoms with Gasteiger partial charge in [-0.1, -0.05) is 6.07 Å². The molecule has 12 nitrogen and oxygen atoms in total. The number of hydrogen-bond acceptors (Lipinski definition) is 7. The third-order valence-corrected chi connectivity index (χ3v) is 9.23. The van der Waals surface area contributed by atoms with E-state index >= 15 is 4.39 Å². The maximum Gasteiger partial charge on any atom is 0.469 e. The number of carbonyl (C=O) groups excluding carboxylic acids is 1. The number of anilines is 1. The summed E-state index contributed by atoms with van der Waals surface area (Å²) in [5.41, 5.74) is 4.21. The minimum atomic E-state index is -4.59. The summed E-state index contributed by atoms with van der Waals surface area (Å²) in [6.45, 7) is -0.627. The minimum absolute atomic E-state index is 0.0446. The first-order valence-electron chi connectivity index (χ1n) is 13.2. The summed E-state index contributed by atoms with van der Waals surface area (Å²) in [6.07, 6.45) is 6.28. The molecule has 5 N–H and O–H groups in total. The second kappa shape index (κ2) is 9.55. The van der Waals surface area contributed by atoms with E-state index in [-0.39, 0.29) is 37.7 Å². The zero-order valence-electron chi connectivity index (χ0n) is 21.3. The van der Waals surface area contributed by atoms with Crippen molar-refractivity contribution in [1.82, 2.24) is 25.3 Å². The van der Waals surface area contributed by atoms with Gasteiger partial charge in [0.05, 0.1) is 41.8 Å². The van der Waals surface area contributed by atoms with Crippen molar-refractivity contribution in [2.45, 2.75) is 38.0 Å². The van der Waals surface area contributed by atoms with Gasteiger partial charge in [-0.3, -0.25) is 9.62 Å². The maximum atomic E-state index is 15.4. The number of amides is 1. The van der Waals surface area contributed by atoms with E-state index in [0.29, 0.717) is 23.4 Å². The van der Waals surface area contributed by atoms with E-state index in [4.69, 9.17) is 14.5 Å². The molecule has 2 unspecified atom stereocenters. The zero-order valence-corrected chi connectivity index (χ0v) is 22.2. The third kappa shape index (κ3) is 4.33.